The molecule has 1 fully saturated rings. The molecule has 4 nitrogen and oxygen atoms in total. The minimum absolute atomic E-state index is 0.0973. The van der Waals surface area contributed by atoms with Gasteiger partial charge in [0.05, 0.1) is 19.3 Å². The number of aliphatic hydroxyl groups excluding tert-OH is 2. The zero-order valence-electron chi connectivity index (χ0n) is 12.9. The fourth-order valence-electron chi connectivity index (χ4n) is 3.29. The second kappa shape index (κ2) is 7.05. The maximum absolute atomic E-state index is 13.1. The molecule has 2 aromatic rings. The third-order valence-corrected chi connectivity index (χ3v) is 5.36. The number of halogens is 1. The van der Waals surface area contributed by atoms with Gasteiger partial charge in [-0.05, 0) is 30.5 Å². The summed E-state index contributed by atoms with van der Waals surface area (Å²) >= 11 is 1.61. The smallest absolute Gasteiger partial charge is 0.123 e. The molecule has 2 atom stereocenters. The van der Waals surface area contributed by atoms with Crippen LogP contribution in [0.15, 0.2) is 35.8 Å². The van der Waals surface area contributed by atoms with Gasteiger partial charge < -0.3 is 10.2 Å². The van der Waals surface area contributed by atoms with Gasteiger partial charge in [-0.15, -0.1) is 11.3 Å². The Hall–Kier alpha value is -1.34. The number of hydrogen-bond donors (Lipinski definition) is 2. The van der Waals surface area contributed by atoms with Gasteiger partial charge >= 0.3 is 0 Å². The number of aromatic nitrogens is 1. The fraction of sp³-hybridized carbons (Fsp3) is 0.471. The molecule has 0 amide bonds. The Kier molecular flexibility index (Phi) is 5.06. The van der Waals surface area contributed by atoms with Crippen molar-refractivity contribution in [3.05, 3.63) is 52.2 Å². The Balaban J connectivity index is 1.75. The van der Waals surface area contributed by atoms with Gasteiger partial charge in [0.2, 0.25) is 0 Å². The highest BCUT2D eigenvalue weighted by Crippen LogP contribution is 2.34. The second-order valence-corrected chi connectivity index (χ2v) is 7.24. The van der Waals surface area contributed by atoms with E-state index in [1.54, 1.807) is 29.7 Å². The van der Waals surface area contributed by atoms with E-state index in [9.17, 15) is 14.6 Å². The molecule has 1 aromatic carbocycles. The number of nitrogens with zero attached hydrogens (tertiary/aromatic N) is 2. The summed E-state index contributed by atoms with van der Waals surface area (Å²) in [4.78, 5) is 6.53. The molecule has 23 heavy (non-hydrogen) atoms. The predicted octanol–water partition coefficient (Wildman–Crippen LogP) is 2.07. The molecular weight excluding hydrogens is 315 g/mol. The van der Waals surface area contributed by atoms with Crippen molar-refractivity contribution in [2.75, 3.05) is 19.7 Å². The van der Waals surface area contributed by atoms with Gasteiger partial charge in [0, 0.05) is 30.1 Å². The zero-order valence-corrected chi connectivity index (χ0v) is 13.7. The van der Waals surface area contributed by atoms with Crippen molar-refractivity contribution < 1.29 is 14.6 Å². The molecule has 0 aliphatic carbocycles. The highest BCUT2D eigenvalue weighted by molar-refractivity contribution is 7.09. The van der Waals surface area contributed by atoms with Crippen molar-refractivity contribution in [1.82, 2.24) is 9.88 Å². The monoisotopic (exact) mass is 336 g/mol. The molecule has 124 valence electrons. The van der Waals surface area contributed by atoms with Gasteiger partial charge in [0.15, 0.2) is 0 Å². The van der Waals surface area contributed by atoms with Crippen LogP contribution in [0.5, 0.6) is 0 Å². The molecular formula is C17H21FN2O2S. The lowest BCUT2D eigenvalue weighted by atomic mass is 9.73. The van der Waals surface area contributed by atoms with Crippen molar-refractivity contribution in [2.24, 2.45) is 5.41 Å². The first-order valence-corrected chi connectivity index (χ1v) is 8.63. The van der Waals surface area contributed by atoms with E-state index in [0.29, 0.717) is 19.4 Å². The Morgan fingerprint density at radius 3 is 2.78 bits per heavy atom. The van der Waals surface area contributed by atoms with E-state index in [0.717, 1.165) is 23.7 Å². The highest BCUT2D eigenvalue weighted by atomic mass is 32.1. The van der Waals surface area contributed by atoms with Gasteiger partial charge in [-0.3, -0.25) is 4.90 Å². The first kappa shape index (κ1) is 16.5. The number of piperidine rings is 1. The van der Waals surface area contributed by atoms with Gasteiger partial charge in [-0.2, -0.15) is 0 Å². The van der Waals surface area contributed by atoms with E-state index in [4.69, 9.17) is 0 Å². The summed E-state index contributed by atoms with van der Waals surface area (Å²) in [5.74, 6) is -0.276. The van der Waals surface area contributed by atoms with Crippen molar-refractivity contribution >= 4 is 11.3 Å². The van der Waals surface area contributed by atoms with Crippen LogP contribution in [0.25, 0.3) is 0 Å². The van der Waals surface area contributed by atoms with Crippen LogP contribution in [-0.4, -0.2) is 45.9 Å². The topological polar surface area (TPSA) is 56.6 Å². The van der Waals surface area contributed by atoms with Gasteiger partial charge in [0.25, 0.3) is 0 Å². The number of hydrogen-bond acceptors (Lipinski definition) is 5. The Morgan fingerprint density at radius 2 is 2.13 bits per heavy atom. The molecule has 0 bridgehead atoms. The van der Waals surface area contributed by atoms with Crippen molar-refractivity contribution in [3.63, 3.8) is 0 Å². The van der Waals surface area contributed by atoms with Crippen LogP contribution in [0.3, 0.4) is 0 Å². The van der Waals surface area contributed by atoms with Gasteiger partial charge in [0.1, 0.15) is 10.8 Å². The number of benzene rings is 1. The van der Waals surface area contributed by atoms with E-state index in [1.807, 2.05) is 5.38 Å². The molecule has 2 N–H and O–H groups in total. The summed E-state index contributed by atoms with van der Waals surface area (Å²) in [6.45, 7) is 2.02. The van der Waals surface area contributed by atoms with E-state index in [2.05, 4.69) is 9.88 Å². The lowest BCUT2D eigenvalue weighted by Gasteiger charge is -2.45. The molecule has 3 rings (SSSR count). The lowest BCUT2D eigenvalue weighted by Crippen LogP contribution is -2.54. The molecule has 1 aliphatic heterocycles. The minimum Gasteiger partial charge on any atom is -0.396 e. The largest absolute Gasteiger partial charge is 0.396 e. The summed E-state index contributed by atoms with van der Waals surface area (Å²) in [5, 5.41) is 23.5. The average Bonchev–Trinajstić information content (AvgIpc) is 3.06. The first-order valence-electron chi connectivity index (χ1n) is 7.75. The van der Waals surface area contributed by atoms with Crippen LogP contribution in [0.2, 0.25) is 0 Å². The molecule has 1 aliphatic rings. The third kappa shape index (κ3) is 3.77. The molecule has 6 heteroatoms. The number of thiazole rings is 1. The Labute approximate surface area is 139 Å². The molecule has 2 heterocycles. The molecule has 0 saturated carbocycles. The summed E-state index contributed by atoms with van der Waals surface area (Å²) in [5.41, 5.74) is 0.309. The van der Waals surface area contributed by atoms with Crippen molar-refractivity contribution in [3.8, 4) is 0 Å². The van der Waals surface area contributed by atoms with E-state index in [-0.39, 0.29) is 12.4 Å². The zero-order chi connectivity index (χ0) is 16.3. The third-order valence-electron chi connectivity index (χ3n) is 4.59. The Bertz CT molecular complexity index is 620. The fourth-order valence-corrected chi connectivity index (χ4v) is 3.95. The Morgan fingerprint density at radius 1 is 1.35 bits per heavy atom. The molecule has 0 radical (unpaired) electrons. The maximum Gasteiger partial charge on any atom is 0.123 e. The maximum atomic E-state index is 13.1. The minimum atomic E-state index is -0.618. The van der Waals surface area contributed by atoms with Crippen molar-refractivity contribution in [2.45, 2.75) is 25.5 Å². The summed E-state index contributed by atoms with van der Waals surface area (Å²) in [6, 6.07) is 6.28. The van der Waals surface area contributed by atoms with Crippen LogP contribution in [-0.2, 0) is 13.0 Å². The van der Waals surface area contributed by atoms with Crippen LogP contribution < -0.4 is 0 Å². The van der Waals surface area contributed by atoms with Crippen molar-refractivity contribution in [1.29, 1.82) is 0 Å². The molecule has 0 spiro atoms. The summed E-state index contributed by atoms with van der Waals surface area (Å²) in [6.07, 6.45) is 2.37. The van der Waals surface area contributed by atoms with E-state index < -0.39 is 11.5 Å². The number of rotatable bonds is 5. The SMILES string of the molecule is OC[C@]1(Cc2ccc(F)cc2)CN(Cc2nccs2)CC[C@@H]1O. The molecule has 0 unspecified atom stereocenters. The first-order chi connectivity index (χ1) is 11.1. The highest BCUT2D eigenvalue weighted by Gasteiger charge is 2.42. The normalized spacial score (nSPS) is 25.6. The summed E-state index contributed by atoms with van der Waals surface area (Å²) in [7, 11) is 0. The standard InChI is InChI=1S/C17H21FN2O2S/c18-14-3-1-13(2-4-14)9-17(12-21)11-20(7-5-15(17)22)10-16-19-6-8-23-16/h1-4,6,8,15,21-22H,5,7,9-12H2/t15-,17-/m0/s1. The van der Waals surface area contributed by atoms with Gasteiger partial charge in [-0.1, -0.05) is 12.1 Å². The van der Waals surface area contributed by atoms with Crippen LogP contribution in [0.4, 0.5) is 4.39 Å². The second-order valence-electron chi connectivity index (χ2n) is 6.26. The van der Waals surface area contributed by atoms with E-state index in [1.165, 1.54) is 12.1 Å². The van der Waals surface area contributed by atoms with Crippen LogP contribution in [0.1, 0.15) is 17.0 Å². The van der Waals surface area contributed by atoms with E-state index >= 15 is 0 Å². The molecule has 1 saturated heterocycles. The quantitative estimate of drug-likeness (QED) is 0.878. The average molecular weight is 336 g/mol. The predicted molar refractivity (Wildman–Crippen MR) is 87.6 cm³/mol. The lowest BCUT2D eigenvalue weighted by molar-refractivity contribution is -0.0768. The van der Waals surface area contributed by atoms with Gasteiger partial charge in [-0.25, -0.2) is 9.37 Å². The summed E-state index contributed by atoms with van der Waals surface area (Å²) < 4.78 is 13.1. The van der Waals surface area contributed by atoms with Crippen LogP contribution in [0, 0.1) is 11.2 Å². The van der Waals surface area contributed by atoms with Crippen LogP contribution >= 0.6 is 11.3 Å². The number of aliphatic hydroxyl groups is 2. The molecule has 1 aromatic heterocycles. The number of likely N-dealkylation sites (tertiary alicyclic amines) is 1.